The first-order valence-electron chi connectivity index (χ1n) is 12.1. The van der Waals surface area contributed by atoms with E-state index in [1.165, 1.54) is 69.1 Å². The Bertz CT molecular complexity index is 698. The van der Waals surface area contributed by atoms with E-state index in [9.17, 15) is 14.7 Å². The van der Waals surface area contributed by atoms with Gasteiger partial charge in [0.25, 0.3) is 0 Å². The lowest BCUT2D eigenvalue weighted by Crippen LogP contribution is -2.43. The number of carboxylic acids is 1. The van der Waals surface area contributed by atoms with Crippen molar-refractivity contribution in [3.63, 3.8) is 0 Å². The lowest BCUT2D eigenvalue weighted by atomic mass is 9.91. The quantitative estimate of drug-likeness (QED) is 0.571. The highest BCUT2D eigenvalue weighted by molar-refractivity contribution is 7.80. The largest absolute Gasteiger partial charge is 0.479 e. The van der Waals surface area contributed by atoms with Gasteiger partial charge in [0.15, 0.2) is 6.04 Å². The summed E-state index contributed by atoms with van der Waals surface area (Å²) >= 11 is 4.02. The molecule has 0 radical (unpaired) electrons. The van der Waals surface area contributed by atoms with Gasteiger partial charge in [-0.05, 0) is 49.0 Å². The van der Waals surface area contributed by atoms with Gasteiger partial charge in [-0.1, -0.05) is 62.8 Å². The number of nitrogens with one attached hydrogen (secondary N) is 1. The van der Waals surface area contributed by atoms with Crippen molar-refractivity contribution in [3.8, 4) is 0 Å². The fourth-order valence-electron chi connectivity index (χ4n) is 5.21. The lowest BCUT2D eigenvalue weighted by Gasteiger charge is -2.34. The Hall–Kier alpha value is -1.53. The van der Waals surface area contributed by atoms with Gasteiger partial charge in [-0.3, -0.25) is 4.79 Å². The highest BCUT2D eigenvalue weighted by atomic mass is 32.1. The zero-order valence-corrected chi connectivity index (χ0v) is 19.5. The SMILES string of the molecule is C1CCC(NC2CCCCC2)CC1.O=C(O)C1c2ccccc2CCN1C(=O)CCS. The minimum Gasteiger partial charge on any atom is -0.479 e. The highest BCUT2D eigenvalue weighted by Crippen LogP contribution is 2.30. The Morgan fingerprint density at radius 2 is 1.55 bits per heavy atom. The molecule has 1 aromatic carbocycles. The molecular formula is C25H38N2O3S. The molecule has 4 rings (SSSR count). The van der Waals surface area contributed by atoms with Gasteiger partial charge < -0.3 is 15.3 Å². The van der Waals surface area contributed by atoms with Crippen LogP contribution in [0.2, 0.25) is 0 Å². The summed E-state index contributed by atoms with van der Waals surface area (Å²) in [6.07, 6.45) is 15.5. The van der Waals surface area contributed by atoms with Crippen LogP contribution in [-0.2, 0) is 16.0 Å². The summed E-state index contributed by atoms with van der Waals surface area (Å²) in [4.78, 5) is 24.8. The summed E-state index contributed by atoms with van der Waals surface area (Å²) in [5, 5.41) is 13.2. The fourth-order valence-corrected chi connectivity index (χ4v) is 5.40. The molecule has 0 saturated heterocycles. The predicted octanol–water partition coefficient (Wildman–Crippen LogP) is 4.76. The van der Waals surface area contributed by atoms with E-state index in [1.807, 2.05) is 12.1 Å². The minimum atomic E-state index is -0.977. The van der Waals surface area contributed by atoms with E-state index >= 15 is 0 Å². The number of aliphatic carboxylic acids is 1. The van der Waals surface area contributed by atoms with E-state index in [1.54, 1.807) is 12.1 Å². The van der Waals surface area contributed by atoms with Crippen molar-refractivity contribution in [1.82, 2.24) is 10.2 Å². The van der Waals surface area contributed by atoms with Crippen molar-refractivity contribution in [2.45, 2.75) is 95.2 Å². The Morgan fingerprint density at radius 1 is 0.968 bits per heavy atom. The number of hydrogen-bond donors (Lipinski definition) is 3. The number of carbonyl (C=O) groups excluding carboxylic acids is 1. The van der Waals surface area contributed by atoms with Gasteiger partial charge >= 0.3 is 5.97 Å². The number of amides is 1. The molecule has 2 aliphatic carbocycles. The molecule has 1 aliphatic heterocycles. The summed E-state index contributed by atoms with van der Waals surface area (Å²) in [7, 11) is 0. The molecule has 0 bridgehead atoms. The molecule has 6 heteroatoms. The molecule has 1 aromatic rings. The summed E-state index contributed by atoms with van der Waals surface area (Å²) in [6.45, 7) is 0.459. The van der Waals surface area contributed by atoms with Crippen LogP contribution in [0.25, 0.3) is 0 Å². The summed E-state index contributed by atoms with van der Waals surface area (Å²) in [5.74, 6) is -0.690. The normalized spacial score (nSPS) is 22.2. The van der Waals surface area contributed by atoms with E-state index in [2.05, 4.69) is 17.9 Å². The number of thiol groups is 1. The number of rotatable bonds is 5. The third-order valence-electron chi connectivity index (χ3n) is 6.85. The van der Waals surface area contributed by atoms with E-state index < -0.39 is 12.0 Å². The van der Waals surface area contributed by atoms with E-state index in [4.69, 9.17) is 0 Å². The Kier molecular flexibility index (Phi) is 9.72. The monoisotopic (exact) mass is 446 g/mol. The minimum absolute atomic E-state index is 0.146. The summed E-state index contributed by atoms with van der Waals surface area (Å²) in [5.41, 5.74) is 1.74. The molecule has 5 nitrogen and oxygen atoms in total. The maximum Gasteiger partial charge on any atom is 0.331 e. The maximum absolute atomic E-state index is 11.9. The van der Waals surface area contributed by atoms with E-state index in [-0.39, 0.29) is 12.3 Å². The Balaban J connectivity index is 0.000000185. The van der Waals surface area contributed by atoms with Gasteiger partial charge in [0, 0.05) is 25.0 Å². The third-order valence-corrected chi connectivity index (χ3v) is 7.07. The van der Waals surface area contributed by atoms with Crippen molar-refractivity contribution in [1.29, 1.82) is 0 Å². The van der Waals surface area contributed by atoms with Crippen molar-refractivity contribution < 1.29 is 14.7 Å². The van der Waals surface area contributed by atoms with Crippen molar-refractivity contribution in [3.05, 3.63) is 35.4 Å². The third kappa shape index (κ3) is 6.98. The molecule has 2 N–H and O–H groups in total. The van der Waals surface area contributed by atoms with Crippen LogP contribution in [0.3, 0.4) is 0 Å². The second-order valence-electron chi connectivity index (χ2n) is 9.09. The maximum atomic E-state index is 11.9. The number of carbonyl (C=O) groups is 2. The van der Waals surface area contributed by atoms with Gasteiger partial charge in [0.2, 0.25) is 5.91 Å². The van der Waals surface area contributed by atoms with Gasteiger partial charge in [-0.15, -0.1) is 0 Å². The van der Waals surface area contributed by atoms with Crippen LogP contribution in [0.1, 0.15) is 87.8 Å². The Morgan fingerprint density at radius 3 is 2.10 bits per heavy atom. The zero-order valence-electron chi connectivity index (χ0n) is 18.6. The van der Waals surface area contributed by atoms with Crippen LogP contribution >= 0.6 is 12.6 Å². The van der Waals surface area contributed by atoms with E-state index in [0.717, 1.165) is 23.2 Å². The van der Waals surface area contributed by atoms with Gasteiger partial charge in [0.1, 0.15) is 0 Å². The molecule has 0 spiro atoms. The first-order chi connectivity index (χ1) is 15.1. The molecule has 3 aliphatic rings. The standard InChI is InChI=1S/C13H15NO3S.C12H23N/c15-11(6-8-18)14-7-5-9-3-1-2-4-10(9)12(14)13(16)17;1-3-7-11(8-4-1)13-12-9-5-2-6-10-12/h1-4,12,18H,5-8H2,(H,16,17);11-13H,1-10H2. The van der Waals surface area contributed by atoms with Crippen molar-refractivity contribution in [2.24, 2.45) is 0 Å². The van der Waals surface area contributed by atoms with E-state index in [0.29, 0.717) is 18.7 Å². The van der Waals surface area contributed by atoms with Crippen LogP contribution in [-0.4, -0.2) is 46.3 Å². The van der Waals surface area contributed by atoms with Gasteiger partial charge in [0.05, 0.1) is 0 Å². The van der Waals surface area contributed by atoms with Crippen molar-refractivity contribution >= 4 is 24.5 Å². The van der Waals surface area contributed by atoms with Gasteiger partial charge in [-0.2, -0.15) is 12.6 Å². The first kappa shape index (κ1) is 24.1. The molecule has 2 saturated carbocycles. The summed E-state index contributed by atoms with van der Waals surface area (Å²) < 4.78 is 0. The smallest absolute Gasteiger partial charge is 0.331 e. The topological polar surface area (TPSA) is 69.6 Å². The molecule has 31 heavy (non-hydrogen) atoms. The average molecular weight is 447 g/mol. The lowest BCUT2D eigenvalue weighted by molar-refractivity contribution is -0.151. The molecule has 1 heterocycles. The van der Waals surface area contributed by atoms with Crippen molar-refractivity contribution in [2.75, 3.05) is 12.3 Å². The van der Waals surface area contributed by atoms with Crippen LogP contribution in [0, 0.1) is 0 Å². The molecular weight excluding hydrogens is 408 g/mol. The number of benzene rings is 1. The van der Waals surface area contributed by atoms with Crippen LogP contribution < -0.4 is 5.32 Å². The average Bonchev–Trinajstić information content (AvgIpc) is 2.80. The first-order valence-corrected chi connectivity index (χ1v) is 12.7. The number of hydrogen-bond acceptors (Lipinski definition) is 4. The second-order valence-corrected chi connectivity index (χ2v) is 9.53. The van der Waals surface area contributed by atoms with Gasteiger partial charge in [-0.25, -0.2) is 4.79 Å². The number of carboxylic acid groups (broad SMARTS) is 1. The zero-order chi connectivity index (χ0) is 22.1. The number of nitrogens with zero attached hydrogens (tertiary/aromatic N) is 1. The summed E-state index contributed by atoms with van der Waals surface area (Å²) in [6, 6.07) is 8.29. The molecule has 172 valence electrons. The van der Waals surface area contributed by atoms with Crippen LogP contribution in [0.15, 0.2) is 24.3 Å². The molecule has 0 aromatic heterocycles. The highest BCUT2D eigenvalue weighted by Gasteiger charge is 2.35. The number of fused-ring (bicyclic) bond motifs is 1. The Labute approximate surface area is 192 Å². The molecule has 1 amide bonds. The molecule has 1 unspecified atom stereocenters. The van der Waals surface area contributed by atoms with Crippen LogP contribution in [0.4, 0.5) is 0 Å². The van der Waals surface area contributed by atoms with Crippen LogP contribution in [0.5, 0.6) is 0 Å². The second kappa shape index (κ2) is 12.5. The molecule has 1 atom stereocenters. The molecule has 2 fully saturated rings. The fraction of sp³-hybridized carbons (Fsp3) is 0.680. The predicted molar refractivity (Wildman–Crippen MR) is 128 cm³/mol.